The number of pyridine rings is 1. The number of amides is 3. The van der Waals surface area contributed by atoms with Gasteiger partial charge in [0.1, 0.15) is 9.77 Å². The highest BCUT2D eigenvalue weighted by atomic mass is 32.2. The number of benzene rings is 1. The number of thiophene rings is 1. The van der Waals surface area contributed by atoms with Crippen molar-refractivity contribution in [1.82, 2.24) is 14.8 Å². The van der Waals surface area contributed by atoms with E-state index in [0.717, 1.165) is 16.9 Å². The number of carbonyl (C=O) groups is 3. The minimum absolute atomic E-state index is 0.0779. The van der Waals surface area contributed by atoms with Gasteiger partial charge < -0.3 is 20.1 Å². The van der Waals surface area contributed by atoms with E-state index in [0.29, 0.717) is 56.7 Å². The molecule has 3 amide bonds. The maximum Gasteiger partial charge on any atom is 0.313 e. The van der Waals surface area contributed by atoms with E-state index in [4.69, 9.17) is 0 Å². The zero-order chi connectivity index (χ0) is 29.1. The average molecular weight is 598 g/mol. The normalized spacial score (nSPS) is 15.7. The summed E-state index contributed by atoms with van der Waals surface area (Å²) in [5.74, 6) is -1.87. The fourth-order valence-electron chi connectivity index (χ4n) is 5.16. The van der Waals surface area contributed by atoms with Crippen molar-refractivity contribution in [2.45, 2.75) is 29.9 Å². The van der Waals surface area contributed by atoms with Crippen LogP contribution >= 0.6 is 11.3 Å². The molecule has 1 fully saturated rings. The summed E-state index contributed by atoms with van der Waals surface area (Å²) < 4.78 is 29.4. The molecule has 1 aromatic carbocycles. The van der Waals surface area contributed by atoms with E-state index in [-0.39, 0.29) is 33.7 Å². The summed E-state index contributed by atoms with van der Waals surface area (Å²) in [6, 6.07) is 11.5. The van der Waals surface area contributed by atoms with Crippen LogP contribution in [0.5, 0.6) is 0 Å². The van der Waals surface area contributed by atoms with Crippen molar-refractivity contribution < 1.29 is 22.8 Å². The molecule has 0 aliphatic carbocycles. The predicted octanol–water partition coefficient (Wildman–Crippen LogP) is 2.20. The average Bonchev–Trinajstić information content (AvgIpc) is 3.53. The summed E-state index contributed by atoms with van der Waals surface area (Å²) in [5, 5.41) is 6.96. The molecule has 0 unspecified atom stereocenters. The van der Waals surface area contributed by atoms with Crippen molar-refractivity contribution in [1.29, 1.82) is 0 Å². The summed E-state index contributed by atoms with van der Waals surface area (Å²) in [6.07, 6.45) is 4.25. The topological polar surface area (TPSA) is 138 Å². The van der Waals surface area contributed by atoms with Crippen molar-refractivity contribution in [3.05, 3.63) is 75.5 Å². The SMILES string of the molecule is Cn1cccc(C(=O)N2CCC(CNC(=O)C(=O)Nc3ccc4c(c3)N(S(=O)(=O)c3cccs3)CCC4)CC2)c1=O. The highest BCUT2D eigenvalue weighted by Gasteiger charge is 2.31. The summed E-state index contributed by atoms with van der Waals surface area (Å²) in [4.78, 5) is 51.9. The number of fused-ring (bicyclic) bond motifs is 1. The van der Waals surface area contributed by atoms with Gasteiger partial charge in [0.05, 0.1) is 5.69 Å². The number of hydrogen-bond acceptors (Lipinski definition) is 7. The number of sulfonamides is 1. The van der Waals surface area contributed by atoms with E-state index < -0.39 is 21.8 Å². The second-order valence-corrected chi connectivity index (χ2v) is 13.2. The monoisotopic (exact) mass is 597 g/mol. The summed E-state index contributed by atoms with van der Waals surface area (Å²) >= 11 is 1.15. The fourth-order valence-corrected chi connectivity index (χ4v) is 7.80. The standard InChI is InChI=1S/C28H31N5O6S2/c1-31-12-3-6-22(27(31)36)28(37)32-14-10-19(11-15-32)18-29-25(34)26(35)30-21-9-8-20-5-2-13-33(23(20)17-21)41(38,39)24-7-4-16-40-24/h3-4,6-9,12,16-17,19H,2,5,10-11,13-15,18H2,1H3,(H,29,34)(H,30,35). The molecular formula is C28H31N5O6S2. The first kappa shape index (κ1) is 28.6. The number of anilines is 2. The van der Waals surface area contributed by atoms with Crippen LogP contribution in [0, 0.1) is 5.92 Å². The molecule has 5 rings (SSSR count). The second-order valence-electron chi connectivity index (χ2n) is 10.2. The highest BCUT2D eigenvalue weighted by Crippen LogP contribution is 2.35. The van der Waals surface area contributed by atoms with Gasteiger partial charge in [-0.25, -0.2) is 8.42 Å². The lowest BCUT2D eigenvalue weighted by atomic mass is 9.96. The fraction of sp³-hybridized carbons (Fsp3) is 0.357. The molecule has 0 bridgehead atoms. The van der Waals surface area contributed by atoms with Gasteiger partial charge in [0.15, 0.2) is 0 Å². The van der Waals surface area contributed by atoms with Crippen LogP contribution in [0.4, 0.5) is 11.4 Å². The minimum atomic E-state index is -3.73. The van der Waals surface area contributed by atoms with Gasteiger partial charge in [-0.3, -0.25) is 23.5 Å². The molecule has 0 atom stereocenters. The Bertz CT molecular complexity index is 1630. The number of nitrogens with one attached hydrogen (secondary N) is 2. The number of aryl methyl sites for hydroxylation is 2. The van der Waals surface area contributed by atoms with E-state index in [2.05, 4.69) is 10.6 Å². The van der Waals surface area contributed by atoms with Crippen LogP contribution in [0.3, 0.4) is 0 Å². The molecule has 0 spiro atoms. The molecule has 2 N–H and O–H groups in total. The Morgan fingerprint density at radius 2 is 1.80 bits per heavy atom. The predicted molar refractivity (Wildman–Crippen MR) is 156 cm³/mol. The quantitative estimate of drug-likeness (QED) is 0.418. The van der Waals surface area contributed by atoms with Crippen LogP contribution in [0.1, 0.15) is 35.2 Å². The third kappa shape index (κ3) is 6.05. The van der Waals surface area contributed by atoms with Gasteiger partial charge in [-0.1, -0.05) is 12.1 Å². The first-order chi connectivity index (χ1) is 19.6. The third-order valence-electron chi connectivity index (χ3n) is 7.47. The maximum atomic E-state index is 13.2. The molecule has 1 saturated heterocycles. The minimum Gasteiger partial charge on any atom is -0.348 e. The Kier molecular flexibility index (Phi) is 8.27. The van der Waals surface area contributed by atoms with Crippen LogP contribution in [-0.2, 0) is 33.1 Å². The molecule has 11 nitrogen and oxygen atoms in total. The number of rotatable bonds is 6. The van der Waals surface area contributed by atoms with Crippen LogP contribution in [-0.4, -0.2) is 61.8 Å². The second kappa shape index (κ2) is 11.9. The molecule has 4 heterocycles. The summed E-state index contributed by atoms with van der Waals surface area (Å²) in [6.45, 7) is 1.50. The lowest BCUT2D eigenvalue weighted by Gasteiger charge is -2.32. The Morgan fingerprint density at radius 1 is 1.02 bits per heavy atom. The summed E-state index contributed by atoms with van der Waals surface area (Å²) in [7, 11) is -2.13. The Balaban J connectivity index is 1.15. The van der Waals surface area contributed by atoms with Crippen molar-refractivity contribution in [2.24, 2.45) is 13.0 Å². The molecule has 0 radical (unpaired) electrons. The smallest absolute Gasteiger partial charge is 0.313 e. The molecule has 0 saturated carbocycles. The van der Waals surface area contributed by atoms with E-state index in [9.17, 15) is 27.6 Å². The first-order valence-electron chi connectivity index (χ1n) is 13.4. The lowest BCUT2D eigenvalue weighted by molar-refractivity contribution is -0.136. The largest absolute Gasteiger partial charge is 0.348 e. The van der Waals surface area contributed by atoms with E-state index in [1.807, 2.05) is 0 Å². The van der Waals surface area contributed by atoms with Crippen molar-refractivity contribution in [2.75, 3.05) is 35.8 Å². The number of carbonyl (C=O) groups excluding carboxylic acids is 3. The van der Waals surface area contributed by atoms with Gasteiger partial charge in [0.25, 0.3) is 21.5 Å². The van der Waals surface area contributed by atoms with Crippen molar-refractivity contribution in [3.8, 4) is 0 Å². The molecule has 2 aliphatic heterocycles. The lowest BCUT2D eigenvalue weighted by Crippen LogP contribution is -2.44. The van der Waals surface area contributed by atoms with E-state index in [1.165, 1.54) is 14.9 Å². The number of nitrogens with zero attached hydrogens (tertiary/aromatic N) is 3. The molecule has 216 valence electrons. The number of likely N-dealkylation sites (tertiary alicyclic amines) is 1. The number of aromatic nitrogens is 1. The van der Waals surface area contributed by atoms with Crippen LogP contribution < -0.4 is 20.5 Å². The number of piperidine rings is 1. The molecule has 2 aliphatic rings. The van der Waals surface area contributed by atoms with Gasteiger partial charge >= 0.3 is 11.8 Å². The summed E-state index contributed by atoms with van der Waals surface area (Å²) in [5.41, 5.74) is 1.48. The van der Waals surface area contributed by atoms with Gasteiger partial charge in [0.2, 0.25) is 0 Å². The van der Waals surface area contributed by atoms with Gasteiger partial charge in [-0.15, -0.1) is 11.3 Å². The molecular weight excluding hydrogens is 566 g/mol. The van der Waals surface area contributed by atoms with Crippen LogP contribution in [0.2, 0.25) is 0 Å². The molecule has 41 heavy (non-hydrogen) atoms. The molecule has 2 aromatic heterocycles. The van der Waals surface area contributed by atoms with Crippen LogP contribution in [0.15, 0.2) is 63.0 Å². The van der Waals surface area contributed by atoms with Gasteiger partial charge in [-0.2, -0.15) is 0 Å². The zero-order valence-electron chi connectivity index (χ0n) is 22.5. The van der Waals surface area contributed by atoms with Gasteiger partial charge in [0, 0.05) is 45.1 Å². The van der Waals surface area contributed by atoms with Crippen LogP contribution in [0.25, 0.3) is 0 Å². The zero-order valence-corrected chi connectivity index (χ0v) is 24.2. The third-order valence-corrected chi connectivity index (χ3v) is 10.7. The van der Waals surface area contributed by atoms with Crippen molar-refractivity contribution in [3.63, 3.8) is 0 Å². The Labute approximate surface area is 241 Å². The van der Waals surface area contributed by atoms with Crippen molar-refractivity contribution >= 4 is 50.5 Å². The molecule has 3 aromatic rings. The van der Waals surface area contributed by atoms with E-state index in [1.54, 1.807) is 59.9 Å². The van der Waals surface area contributed by atoms with Gasteiger partial charge in [-0.05, 0) is 72.9 Å². The Hall–Kier alpha value is -3.97. The highest BCUT2D eigenvalue weighted by molar-refractivity contribution is 7.94. The van der Waals surface area contributed by atoms with E-state index >= 15 is 0 Å². The molecule has 13 heteroatoms. The Morgan fingerprint density at radius 3 is 2.54 bits per heavy atom. The first-order valence-corrected chi connectivity index (χ1v) is 15.7. The number of hydrogen-bond donors (Lipinski definition) is 2. The maximum absolute atomic E-state index is 13.2.